The molecule has 6 nitrogen and oxygen atoms in total. The molecule has 1 aliphatic heterocycles. The summed E-state index contributed by atoms with van der Waals surface area (Å²) in [6.07, 6.45) is 0.357. The van der Waals surface area contributed by atoms with E-state index >= 15 is 0 Å². The topological polar surface area (TPSA) is 84.5 Å². The maximum absolute atomic E-state index is 12.7. The zero-order chi connectivity index (χ0) is 16.2. The summed E-state index contributed by atoms with van der Waals surface area (Å²) < 4.78 is 44.5. The van der Waals surface area contributed by atoms with E-state index in [1.165, 1.54) is 12.1 Å². The van der Waals surface area contributed by atoms with E-state index < -0.39 is 28.6 Å². The largest absolute Gasteiger partial charge is 0.380 e. The van der Waals surface area contributed by atoms with Crippen molar-refractivity contribution in [3.8, 4) is 0 Å². The number of ether oxygens (including phenoxy) is 1. The number of fused-ring (bicyclic) bond motifs is 1. The Labute approximate surface area is 129 Å². The monoisotopic (exact) mass is 330 g/mol. The van der Waals surface area contributed by atoms with Gasteiger partial charge in [-0.25, -0.2) is 17.5 Å². The van der Waals surface area contributed by atoms with Crippen LogP contribution in [0.2, 0.25) is 0 Å². The summed E-state index contributed by atoms with van der Waals surface area (Å²) in [6, 6.07) is 3.76. The molecule has 0 fully saturated rings. The number of carbonyl (C=O) groups is 1. The third-order valence-corrected chi connectivity index (χ3v) is 4.83. The molecule has 0 saturated carbocycles. The van der Waals surface area contributed by atoms with E-state index in [-0.39, 0.29) is 23.6 Å². The van der Waals surface area contributed by atoms with E-state index in [0.717, 1.165) is 0 Å². The number of rotatable bonds is 7. The van der Waals surface area contributed by atoms with Crippen molar-refractivity contribution in [2.24, 2.45) is 0 Å². The number of carbonyl (C=O) groups excluding carboxylic acids is 1. The van der Waals surface area contributed by atoms with Gasteiger partial charge in [0.2, 0.25) is 10.0 Å². The Hall–Kier alpha value is -1.51. The molecule has 1 heterocycles. The van der Waals surface area contributed by atoms with Crippen LogP contribution in [0, 0.1) is 0 Å². The van der Waals surface area contributed by atoms with Crippen LogP contribution in [0.5, 0.6) is 0 Å². The van der Waals surface area contributed by atoms with Gasteiger partial charge in [-0.2, -0.15) is 0 Å². The van der Waals surface area contributed by atoms with Crippen molar-refractivity contribution in [3.63, 3.8) is 0 Å². The summed E-state index contributed by atoms with van der Waals surface area (Å²) in [7, 11) is -3.70. The second-order valence-electron chi connectivity index (χ2n) is 4.94. The van der Waals surface area contributed by atoms with E-state index in [4.69, 9.17) is 4.74 Å². The standard InChI is InChI=1S/C14H19FN2O4S/c1-2-21-6-5-16-22(19,20)12-4-3-10-7-11(9-15)17-14(18)13(10)8-12/h3-4,8,11,16H,2,5-7,9H2,1H3,(H,17,18). The second-order valence-corrected chi connectivity index (χ2v) is 6.71. The predicted octanol–water partition coefficient (Wildman–Crippen LogP) is 0.625. The van der Waals surface area contributed by atoms with Gasteiger partial charge in [-0.15, -0.1) is 0 Å². The normalized spacial score (nSPS) is 17.9. The highest BCUT2D eigenvalue weighted by atomic mass is 32.2. The Kier molecular flexibility index (Phi) is 5.49. The first-order valence-electron chi connectivity index (χ1n) is 7.05. The summed E-state index contributed by atoms with van der Waals surface area (Å²) in [4.78, 5) is 11.9. The van der Waals surface area contributed by atoms with Crippen molar-refractivity contribution >= 4 is 15.9 Å². The Balaban J connectivity index is 2.17. The van der Waals surface area contributed by atoms with Crippen molar-refractivity contribution in [1.82, 2.24) is 10.0 Å². The summed E-state index contributed by atoms with van der Waals surface area (Å²) in [5.74, 6) is -0.449. The molecule has 0 aromatic heterocycles. The average Bonchev–Trinajstić information content (AvgIpc) is 2.51. The van der Waals surface area contributed by atoms with Gasteiger partial charge >= 0.3 is 0 Å². The highest BCUT2D eigenvalue weighted by Crippen LogP contribution is 2.21. The maximum Gasteiger partial charge on any atom is 0.251 e. The van der Waals surface area contributed by atoms with Crippen LogP contribution >= 0.6 is 0 Å². The van der Waals surface area contributed by atoms with Gasteiger partial charge in [-0.3, -0.25) is 4.79 Å². The van der Waals surface area contributed by atoms with E-state index in [9.17, 15) is 17.6 Å². The third-order valence-electron chi connectivity index (χ3n) is 3.37. The highest BCUT2D eigenvalue weighted by molar-refractivity contribution is 7.89. The van der Waals surface area contributed by atoms with Gasteiger partial charge in [0.1, 0.15) is 6.67 Å². The SMILES string of the molecule is CCOCCNS(=O)(=O)c1ccc2c(c1)C(=O)NC(CF)C2. The lowest BCUT2D eigenvalue weighted by molar-refractivity contribution is 0.0917. The van der Waals surface area contributed by atoms with Crippen LogP contribution in [0.25, 0.3) is 0 Å². The van der Waals surface area contributed by atoms with Crippen LogP contribution in [0.4, 0.5) is 4.39 Å². The van der Waals surface area contributed by atoms with Crippen LogP contribution in [-0.2, 0) is 21.2 Å². The summed E-state index contributed by atoms with van der Waals surface area (Å²) >= 11 is 0. The first-order chi connectivity index (χ1) is 10.5. The highest BCUT2D eigenvalue weighted by Gasteiger charge is 2.26. The molecule has 122 valence electrons. The Bertz CT molecular complexity index is 648. The minimum atomic E-state index is -3.70. The summed E-state index contributed by atoms with van der Waals surface area (Å²) in [5.41, 5.74) is 0.928. The fourth-order valence-corrected chi connectivity index (χ4v) is 3.30. The molecular weight excluding hydrogens is 311 g/mol. The van der Waals surface area contributed by atoms with Crippen LogP contribution in [0.3, 0.4) is 0 Å². The number of benzene rings is 1. The zero-order valence-corrected chi connectivity index (χ0v) is 13.1. The first-order valence-corrected chi connectivity index (χ1v) is 8.53. The molecule has 1 aromatic rings. The van der Waals surface area contributed by atoms with Crippen molar-refractivity contribution in [2.75, 3.05) is 26.4 Å². The number of nitrogens with one attached hydrogen (secondary N) is 2. The summed E-state index contributed by atoms with van der Waals surface area (Å²) in [6.45, 7) is 2.12. The predicted molar refractivity (Wildman–Crippen MR) is 79.1 cm³/mol. The van der Waals surface area contributed by atoms with Crippen LogP contribution < -0.4 is 10.0 Å². The number of sulfonamides is 1. The molecule has 1 unspecified atom stereocenters. The molecule has 1 aromatic carbocycles. The summed E-state index contributed by atoms with van der Waals surface area (Å²) in [5, 5.41) is 2.51. The number of amides is 1. The molecule has 2 rings (SSSR count). The first kappa shape index (κ1) is 16.9. The molecule has 0 spiro atoms. The number of hydrogen-bond donors (Lipinski definition) is 2. The molecule has 1 atom stereocenters. The van der Waals surface area contributed by atoms with Crippen LogP contribution in [0.15, 0.2) is 23.1 Å². The van der Waals surface area contributed by atoms with Gasteiger partial charge in [0.15, 0.2) is 0 Å². The van der Waals surface area contributed by atoms with E-state index in [1.807, 2.05) is 6.92 Å². The molecule has 0 aliphatic carbocycles. The molecule has 1 aliphatic rings. The van der Waals surface area contributed by atoms with Gasteiger partial charge in [-0.1, -0.05) is 6.07 Å². The number of hydrogen-bond acceptors (Lipinski definition) is 4. The lowest BCUT2D eigenvalue weighted by atomic mass is 9.96. The van der Waals surface area contributed by atoms with Gasteiger partial charge < -0.3 is 10.1 Å². The van der Waals surface area contributed by atoms with Crippen molar-refractivity contribution in [2.45, 2.75) is 24.3 Å². The van der Waals surface area contributed by atoms with E-state index in [2.05, 4.69) is 10.0 Å². The van der Waals surface area contributed by atoms with E-state index in [0.29, 0.717) is 18.6 Å². The Morgan fingerprint density at radius 2 is 2.23 bits per heavy atom. The third kappa shape index (κ3) is 3.82. The van der Waals surface area contributed by atoms with Crippen molar-refractivity contribution in [3.05, 3.63) is 29.3 Å². The van der Waals surface area contributed by atoms with Gasteiger partial charge in [-0.05, 0) is 31.0 Å². The molecule has 0 radical (unpaired) electrons. The van der Waals surface area contributed by atoms with Gasteiger partial charge in [0.05, 0.1) is 17.5 Å². The molecule has 8 heteroatoms. The number of halogens is 1. The van der Waals surface area contributed by atoms with Gasteiger partial charge in [0, 0.05) is 18.7 Å². The average molecular weight is 330 g/mol. The lowest BCUT2D eigenvalue weighted by Crippen LogP contribution is -2.42. The molecule has 1 amide bonds. The fraction of sp³-hybridized carbons (Fsp3) is 0.500. The lowest BCUT2D eigenvalue weighted by Gasteiger charge is -2.23. The second kappa shape index (κ2) is 7.17. The Morgan fingerprint density at radius 1 is 1.45 bits per heavy atom. The number of alkyl halides is 1. The van der Waals surface area contributed by atoms with E-state index in [1.54, 1.807) is 6.07 Å². The fourth-order valence-electron chi connectivity index (χ4n) is 2.26. The quantitative estimate of drug-likeness (QED) is 0.718. The van der Waals surface area contributed by atoms with Gasteiger partial charge in [0.25, 0.3) is 5.91 Å². The molecule has 22 heavy (non-hydrogen) atoms. The zero-order valence-electron chi connectivity index (χ0n) is 12.3. The minimum absolute atomic E-state index is 0.0107. The van der Waals surface area contributed by atoms with Crippen molar-refractivity contribution < 1.29 is 22.3 Å². The molecule has 0 saturated heterocycles. The molecular formula is C14H19FN2O4S. The van der Waals surface area contributed by atoms with Crippen LogP contribution in [-0.4, -0.2) is 46.8 Å². The smallest absolute Gasteiger partial charge is 0.251 e. The Morgan fingerprint density at radius 3 is 2.91 bits per heavy atom. The molecule has 2 N–H and O–H groups in total. The maximum atomic E-state index is 12.7. The minimum Gasteiger partial charge on any atom is -0.380 e. The van der Waals surface area contributed by atoms with Crippen molar-refractivity contribution in [1.29, 1.82) is 0 Å². The van der Waals surface area contributed by atoms with Crippen LogP contribution in [0.1, 0.15) is 22.8 Å². The molecule has 0 bridgehead atoms.